The van der Waals surface area contributed by atoms with Gasteiger partial charge in [-0.2, -0.15) is 5.10 Å². The maximum absolute atomic E-state index is 12.1. The molecular formula is C12H11N5O2S. The Bertz CT molecular complexity index is 689. The van der Waals surface area contributed by atoms with Gasteiger partial charge < -0.3 is 9.73 Å². The van der Waals surface area contributed by atoms with E-state index in [1.54, 1.807) is 23.8 Å². The summed E-state index contributed by atoms with van der Waals surface area (Å²) in [6, 6.07) is 3.32. The van der Waals surface area contributed by atoms with Crippen LogP contribution in [0.3, 0.4) is 0 Å². The Kier molecular flexibility index (Phi) is 3.30. The lowest BCUT2D eigenvalue weighted by Crippen LogP contribution is -2.27. The molecule has 1 amide bonds. The minimum atomic E-state index is -0.265. The average Bonchev–Trinajstić information content (AvgIpc) is 3.19. The highest BCUT2D eigenvalue weighted by Crippen LogP contribution is 2.24. The Morgan fingerprint density at radius 2 is 2.45 bits per heavy atom. The molecule has 3 aromatic heterocycles. The molecule has 1 unspecified atom stereocenters. The standard InChI is InChI=1S/C12H11N5O2S/c1-7(10-13-6-14-17-10)15-11(18)8-5-20-12(16-8)9-3-2-4-19-9/h2-7H,1H3,(H,15,18)(H,13,14,17). The second kappa shape index (κ2) is 5.25. The lowest BCUT2D eigenvalue weighted by atomic mass is 10.3. The van der Waals surface area contributed by atoms with Crippen molar-refractivity contribution in [1.29, 1.82) is 0 Å². The number of nitrogens with one attached hydrogen (secondary N) is 2. The number of rotatable bonds is 4. The average molecular weight is 289 g/mol. The van der Waals surface area contributed by atoms with E-state index in [1.807, 2.05) is 6.92 Å². The number of carbonyl (C=O) groups excluding carboxylic acids is 1. The normalized spacial score (nSPS) is 12.2. The number of amides is 1. The van der Waals surface area contributed by atoms with Crippen molar-refractivity contribution in [2.75, 3.05) is 0 Å². The summed E-state index contributed by atoms with van der Waals surface area (Å²) in [4.78, 5) is 20.3. The predicted octanol–water partition coefficient (Wildman–Crippen LogP) is 2.01. The molecule has 0 aliphatic heterocycles. The van der Waals surface area contributed by atoms with Crippen LogP contribution in [0, 0.1) is 0 Å². The van der Waals surface area contributed by atoms with Gasteiger partial charge in [0.05, 0.1) is 12.3 Å². The van der Waals surface area contributed by atoms with Crippen molar-refractivity contribution in [3.8, 4) is 10.8 Å². The van der Waals surface area contributed by atoms with Crippen molar-refractivity contribution >= 4 is 17.2 Å². The van der Waals surface area contributed by atoms with Crippen LogP contribution in [-0.2, 0) is 0 Å². The van der Waals surface area contributed by atoms with Gasteiger partial charge in [0.25, 0.3) is 5.91 Å². The van der Waals surface area contributed by atoms with E-state index in [0.717, 1.165) is 0 Å². The first-order valence-electron chi connectivity index (χ1n) is 5.89. The SMILES string of the molecule is CC(NC(=O)c1csc(-c2ccco2)n1)c1ncn[nH]1. The van der Waals surface area contributed by atoms with E-state index < -0.39 is 0 Å². The van der Waals surface area contributed by atoms with E-state index in [1.165, 1.54) is 17.7 Å². The van der Waals surface area contributed by atoms with Gasteiger partial charge in [0.2, 0.25) is 0 Å². The van der Waals surface area contributed by atoms with Gasteiger partial charge >= 0.3 is 0 Å². The fraction of sp³-hybridized carbons (Fsp3) is 0.167. The van der Waals surface area contributed by atoms with Crippen molar-refractivity contribution in [2.45, 2.75) is 13.0 Å². The lowest BCUT2D eigenvalue weighted by molar-refractivity contribution is 0.0934. The monoisotopic (exact) mass is 289 g/mol. The number of hydrogen-bond donors (Lipinski definition) is 2. The van der Waals surface area contributed by atoms with Crippen molar-refractivity contribution in [3.05, 3.63) is 41.6 Å². The number of aromatic nitrogens is 4. The Morgan fingerprint density at radius 1 is 1.55 bits per heavy atom. The maximum Gasteiger partial charge on any atom is 0.271 e. The molecule has 0 aliphatic carbocycles. The molecule has 3 heterocycles. The predicted molar refractivity (Wildman–Crippen MR) is 72.1 cm³/mol. The summed E-state index contributed by atoms with van der Waals surface area (Å²) in [7, 11) is 0. The molecule has 0 spiro atoms. The highest BCUT2D eigenvalue weighted by Gasteiger charge is 2.17. The Labute approximate surface area is 118 Å². The summed E-state index contributed by atoms with van der Waals surface area (Å²) in [6.45, 7) is 1.82. The van der Waals surface area contributed by atoms with Crippen LogP contribution in [0.5, 0.6) is 0 Å². The van der Waals surface area contributed by atoms with E-state index in [0.29, 0.717) is 22.3 Å². The molecule has 0 aliphatic rings. The van der Waals surface area contributed by atoms with E-state index in [9.17, 15) is 4.79 Å². The van der Waals surface area contributed by atoms with Crippen molar-refractivity contribution in [1.82, 2.24) is 25.5 Å². The Morgan fingerprint density at radius 3 is 3.15 bits per heavy atom. The van der Waals surface area contributed by atoms with Gasteiger partial charge in [-0.25, -0.2) is 9.97 Å². The van der Waals surface area contributed by atoms with Gasteiger partial charge in [0, 0.05) is 5.38 Å². The molecule has 2 N–H and O–H groups in total. The topological polar surface area (TPSA) is 96.7 Å². The second-order valence-corrected chi connectivity index (χ2v) is 4.94. The summed E-state index contributed by atoms with van der Waals surface area (Å²) in [5, 5.41) is 11.6. The zero-order chi connectivity index (χ0) is 13.9. The highest BCUT2D eigenvalue weighted by molar-refractivity contribution is 7.13. The smallest absolute Gasteiger partial charge is 0.271 e. The number of furan rings is 1. The molecular weight excluding hydrogens is 278 g/mol. The Balaban J connectivity index is 1.72. The van der Waals surface area contributed by atoms with Crippen molar-refractivity contribution in [3.63, 3.8) is 0 Å². The van der Waals surface area contributed by atoms with Crippen LogP contribution in [0.15, 0.2) is 34.5 Å². The molecule has 0 fully saturated rings. The molecule has 102 valence electrons. The largest absolute Gasteiger partial charge is 0.462 e. The molecule has 3 rings (SSSR count). The molecule has 0 bridgehead atoms. The number of nitrogens with zero attached hydrogens (tertiary/aromatic N) is 3. The highest BCUT2D eigenvalue weighted by atomic mass is 32.1. The van der Waals surface area contributed by atoms with Crippen molar-refractivity contribution < 1.29 is 9.21 Å². The van der Waals surface area contributed by atoms with E-state index in [4.69, 9.17) is 4.42 Å². The van der Waals surface area contributed by atoms with Gasteiger partial charge in [-0.15, -0.1) is 11.3 Å². The molecule has 3 aromatic rings. The molecule has 0 saturated carbocycles. The van der Waals surface area contributed by atoms with Gasteiger partial charge in [0.1, 0.15) is 17.8 Å². The number of hydrogen-bond acceptors (Lipinski definition) is 6. The molecule has 0 saturated heterocycles. The number of carbonyl (C=O) groups is 1. The first kappa shape index (κ1) is 12.5. The van der Waals surface area contributed by atoms with Gasteiger partial charge in [-0.05, 0) is 19.1 Å². The quantitative estimate of drug-likeness (QED) is 0.765. The Hall–Kier alpha value is -2.48. The summed E-state index contributed by atoms with van der Waals surface area (Å²) >= 11 is 1.36. The van der Waals surface area contributed by atoms with Crippen LogP contribution < -0.4 is 5.32 Å². The summed E-state index contributed by atoms with van der Waals surface area (Å²) in [5.41, 5.74) is 0.354. The molecule has 20 heavy (non-hydrogen) atoms. The third kappa shape index (κ3) is 2.45. The lowest BCUT2D eigenvalue weighted by Gasteiger charge is -2.09. The van der Waals surface area contributed by atoms with Crippen molar-refractivity contribution in [2.24, 2.45) is 0 Å². The van der Waals surface area contributed by atoms with Crippen LogP contribution in [0.4, 0.5) is 0 Å². The first-order chi connectivity index (χ1) is 9.74. The van der Waals surface area contributed by atoms with Crippen LogP contribution in [-0.4, -0.2) is 26.1 Å². The van der Waals surface area contributed by atoms with Crippen LogP contribution in [0.2, 0.25) is 0 Å². The van der Waals surface area contributed by atoms with Crippen LogP contribution >= 0.6 is 11.3 Å². The summed E-state index contributed by atoms with van der Waals surface area (Å²) in [5.74, 6) is 0.986. The van der Waals surface area contributed by atoms with E-state index in [2.05, 4.69) is 25.5 Å². The molecule has 1 atom stereocenters. The van der Waals surface area contributed by atoms with E-state index >= 15 is 0 Å². The zero-order valence-electron chi connectivity index (χ0n) is 10.5. The summed E-state index contributed by atoms with van der Waals surface area (Å²) < 4.78 is 5.25. The minimum absolute atomic E-state index is 0.261. The van der Waals surface area contributed by atoms with E-state index in [-0.39, 0.29) is 11.9 Å². The number of aromatic amines is 1. The maximum atomic E-state index is 12.1. The fourth-order valence-electron chi connectivity index (χ4n) is 1.65. The zero-order valence-corrected chi connectivity index (χ0v) is 11.3. The third-order valence-electron chi connectivity index (χ3n) is 2.66. The van der Waals surface area contributed by atoms with Gasteiger partial charge in [-0.1, -0.05) is 0 Å². The van der Waals surface area contributed by atoms with Gasteiger partial charge in [0.15, 0.2) is 10.8 Å². The molecule has 8 heteroatoms. The van der Waals surface area contributed by atoms with Crippen LogP contribution in [0.25, 0.3) is 10.8 Å². The minimum Gasteiger partial charge on any atom is -0.462 e. The first-order valence-corrected chi connectivity index (χ1v) is 6.77. The number of thiazole rings is 1. The second-order valence-electron chi connectivity index (χ2n) is 4.08. The molecule has 0 radical (unpaired) electrons. The fourth-order valence-corrected chi connectivity index (χ4v) is 2.42. The summed E-state index contributed by atoms with van der Waals surface area (Å²) in [6.07, 6.45) is 2.97. The van der Waals surface area contributed by atoms with Crippen LogP contribution in [0.1, 0.15) is 29.3 Å². The molecule has 0 aromatic carbocycles. The molecule has 7 nitrogen and oxygen atoms in total. The van der Waals surface area contributed by atoms with Gasteiger partial charge in [-0.3, -0.25) is 9.89 Å². The number of H-pyrrole nitrogens is 1. The third-order valence-corrected chi connectivity index (χ3v) is 3.52.